The van der Waals surface area contributed by atoms with Gasteiger partial charge in [-0.25, -0.2) is 0 Å². The molecule has 0 aliphatic carbocycles. The van der Waals surface area contributed by atoms with E-state index in [1.165, 1.54) is 24.3 Å². The van der Waals surface area contributed by atoms with Gasteiger partial charge in [-0.3, -0.25) is 9.88 Å². The van der Waals surface area contributed by atoms with E-state index in [0.29, 0.717) is 38.1 Å². The average Bonchev–Trinajstić information content (AvgIpc) is 2.79. The van der Waals surface area contributed by atoms with E-state index in [1.54, 1.807) is 6.20 Å². The predicted octanol–water partition coefficient (Wildman–Crippen LogP) is 4.20. The summed E-state index contributed by atoms with van der Waals surface area (Å²) in [6, 6.07) is 14.8. The fourth-order valence-electron chi connectivity index (χ4n) is 4.01. The maximum absolute atomic E-state index is 12.2. The van der Waals surface area contributed by atoms with Crippen LogP contribution in [0.15, 0.2) is 60.8 Å². The molecule has 3 aromatic rings. The van der Waals surface area contributed by atoms with Crippen molar-refractivity contribution >= 4 is 10.9 Å². The lowest BCUT2D eigenvalue weighted by Crippen LogP contribution is -2.47. The number of ether oxygens (including phenoxy) is 2. The first-order valence-corrected chi connectivity index (χ1v) is 10.7. The van der Waals surface area contributed by atoms with E-state index in [2.05, 4.69) is 9.72 Å². The largest absolute Gasteiger partial charge is 0.573 e. The first kappa shape index (κ1) is 23.3. The number of piperidine rings is 1. The van der Waals surface area contributed by atoms with Gasteiger partial charge >= 0.3 is 6.36 Å². The Morgan fingerprint density at radius 1 is 1.03 bits per heavy atom. The van der Waals surface area contributed by atoms with Gasteiger partial charge in [0.15, 0.2) is 0 Å². The van der Waals surface area contributed by atoms with E-state index < -0.39 is 18.2 Å². The summed E-state index contributed by atoms with van der Waals surface area (Å²) in [7, 11) is 0. The molecule has 1 atom stereocenters. The highest BCUT2D eigenvalue weighted by atomic mass is 19.4. The molecule has 0 spiro atoms. The highest BCUT2D eigenvalue weighted by Crippen LogP contribution is 2.34. The van der Waals surface area contributed by atoms with Crippen molar-refractivity contribution in [3.63, 3.8) is 0 Å². The first-order valence-electron chi connectivity index (χ1n) is 10.7. The van der Waals surface area contributed by atoms with Gasteiger partial charge < -0.3 is 19.7 Å². The molecule has 9 heteroatoms. The smallest absolute Gasteiger partial charge is 0.493 e. The fourth-order valence-corrected chi connectivity index (χ4v) is 4.01. The molecule has 33 heavy (non-hydrogen) atoms. The maximum atomic E-state index is 12.2. The second-order valence-electron chi connectivity index (χ2n) is 8.12. The molecule has 1 fully saturated rings. The zero-order valence-corrected chi connectivity index (χ0v) is 17.8. The number of hydrogen-bond acceptors (Lipinski definition) is 6. The topological polar surface area (TPSA) is 75.0 Å². The first-order chi connectivity index (χ1) is 15.7. The summed E-state index contributed by atoms with van der Waals surface area (Å²) < 4.78 is 46.0. The second-order valence-corrected chi connectivity index (χ2v) is 8.12. The minimum Gasteiger partial charge on any atom is -0.493 e. The number of hydrogen-bond donors (Lipinski definition) is 2. The maximum Gasteiger partial charge on any atom is 0.573 e. The van der Waals surface area contributed by atoms with Crippen LogP contribution in [0.2, 0.25) is 0 Å². The summed E-state index contributed by atoms with van der Waals surface area (Å²) in [6.45, 7) is 1.21. The Hall–Kier alpha value is -2.88. The van der Waals surface area contributed by atoms with Gasteiger partial charge in [0.1, 0.15) is 17.7 Å². The van der Waals surface area contributed by atoms with E-state index >= 15 is 0 Å². The minimum atomic E-state index is -4.74. The van der Waals surface area contributed by atoms with E-state index in [0.717, 1.165) is 16.5 Å². The highest BCUT2D eigenvalue weighted by Gasteiger charge is 2.36. The highest BCUT2D eigenvalue weighted by molar-refractivity contribution is 5.78. The van der Waals surface area contributed by atoms with E-state index in [-0.39, 0.29) is 12.4 Å². The van der Waals surface area contributed by atoms with Crippen molar-refractivity contribution < 1.29 is 32.9 Å². The molecule has 1 aromatic heterocycles. The molecule has 2 aromatic carbocycles. The number of para-hydroxylation sites is 1. The van der Waals surface area contributed by atoms with Gasteiger partial charge in [-0.15, -0.1) is 13.2 Å². The summed E-state index contributed by atoms with van der Waals surface area (Å²) >= 11 is 0. The molecule has 0 radical (unpaired) electrons. The molecule has 1 unspecified atom stereocenters. The SMILES string of the molecule is OC(CCOc1ccc(OC(F)(F)F)cc1)N1CCC(O)(c2cnc3ccccc3c2)CC1. The van der Waals surface area contributed by atoms with Crippen molar-refractivity contribution in [1.82, 2.24) is 9.88 Å². The molecule has 6 nitrogen and oxygen atoms in total. The number of aromatic nitrogens is 1. The number of nitrogens with zero attached hydrogens (tertiary/aromatic N) is 2. The Kier molecular flexibility index (Phi) is 6.73. The van der Waals surface area contributed by atoms with Crippen LogP contribution in [0.25, 0.3) is 10.9 Å². The third kappa shape index (κ3) is 5.93. The van der Waals surface area contributed by atoms with E-state index in [4.69, 9.17) is 4.74 Å². The predicted molar refractivity (Wildman–Crippen MR) is 116 cm³/mol. The Morgan fingerprint density at radius 3 is 2.39 bits per heavy atom. The van der Waals surface area contributed by atoms with Crippen LogP contribution in [-0.2, 0) is 5.60 Å². The van der Waals surface area contributed by atoms with Gasteiger partial charge in [-0.2, -0.15) is 0 Å². The molecule has 1 saturated heterocycles. The zero-order chi connectivity index (χ0) is 23.5. The lowest BCUT2D eigenvalue weighted by Gasteiger charge is -2.40. The quantitative estimate of drug-likeness (QED) is 0.548. The standard InChI is InChI=1S/C24H25F3N2O4/c25-24(26,27)33-20-7-5-19(6-8-20)32-14-9-22(30)29-12-10-23(31,11-13-29)18-15-17-3-1-2-4-21(17)28-16-18/h1-8,15-16,22,30-31H,9-14H2. The van der Waals surface area contributed by atoms with Crippen molar-refractivity contribution in [2.75, 3.05) is 19.7 Å². The number of likely N-dealkylation sites (tertiary alicyclic amines) is 1. The van der Waals surface area contributed by atoms with Gasteiger partial charge in [0.25, 0.3) is 0 Å². The molecule has 1 aliphatic heterocycles. The van der Waals surface area contributed by atoms with E-state index in [1.807, 2.05) is 35.2 Å². The third-order valence-corrected chi connectivity index (χ3v) is 5.88. The lowest BCUT2D eigenvalue weighted by molar-refractivity contribution is -0.274. The Morgan fingerprint density at radius 2 is 1.70 bits per heavy atom. The number of halogens is 3. The van der Waals surface area contributed by atoms with Crippen LogP contribution in [-0.4, -0.2) is 52.4 Å². The summed E-state index contributed by atoms with van der Waals surface area (Å²) in [5.41, 5.74) is 0.654. The molecule has 0 amide bonds. The number of fused-ring (bicyclic) bond motifs is 1. The van der Waals surface area contributed by atoms with Gasteiger partial charge in [0, 0.05) is 36.7 Å². The third-order valence-electron chi connectivity index (χ3n) is 5.88. The van der Waals surface area contributed by atoms with E-state index in [9.17, 15) is 23.4 Å². The van der Waals surface area contributed by atoms with Gasteiger partial charge in [-0.05, 0) is 49.2 Å². The molecule has 0 bridgehead atoms. The van der Waals surface area contributed by atoms with Crippen LogP contribution in [0.4, 0.5) is 13.2 Å². The summed E-state index contributed by atoms with van der Waals surface area (Å²) in [6.07, 6.45) is -2.53. The molecule has 2 heterocycles. The monoisotopic (exact) mass is 462 g/mol. The van der Waals surface area contributed by atoms with Crippen molar-refractivity contribution in [3.8, 4) is 11.5 Å². The molecule has 2 N–H and O–H groups in total. The van der Waals surface area contributed by atoms with Crippen molar-refractivity contribution in [2.24, 2.45) is 0 Å². The molecule has 176 valence electrons. The van der Waals surface area contributed by atoms with Crippen LogP contribution >= 0.6 is 0 Å². The summed E-state index contributed by atoms with van der Waals surface area (Å²) in [5, 5.41) is 22.7. The summed E-state index contributed by atoms with van der Waals surface area (Å²) in [4.78, 5) is 6.33. The molecular formula is C24H25F3N2O4. The molecule has 1 aliphatic rings. The van der Waals surface area contributed by atoms with Gasteiger partial charge in [0.05, 0.1) is 17.7 Å². The molecule has 4 rings (SSSR count). The molecular weight excluding hydrogens is 437 g/mol. The lowest BCUT2D eigenvalue weighted by atomic mass is 9.84. The normalized spacial score (nSPS) is 17.6. The number of alkyl halides is 3. The Bertz CT molecular complexity index is 1070. The minimum absolute atomic E-state index is 0.190. The number of aliphatic hydroxyl groups excluding tert-OH is 1. The van der Waals surface area contributed by atoms with Crippen molar-refractivity contribution in [1.29, 1.82) is 0 Å². The summed E-state index contributed by atoms with van der Waals surface area (Å²) in [5.74, 6) is 0.0610. The van der Waals surface area contributed by atoms with Crippen LogP contribution < -0.4 is 9.47 Å². The zero-order valence-electron chi connectivity index (χ0n) is 17.8. The Balaban J connectivity index is 1.25. The van der Waals surface area contributed by atoms with Gasteiger partial charge in [0.2, 0.25) is 0 Å². The number of pyridine rings is 1. The fraction of sp³-hybridized carbons (Fsp3) is 0.375. The van der Waals surface area contributed by atoms with Crippen LogP contribution in [0, 0.1) is 0 Å². The number of benzene rings is 2. The van der Waals surface area contributed by atoms with Gasteiger partial charge in [-0.1, -0.05) is 18.2 Å². The van der Waals surface area contributed by atoms with Crippen LogP contribution in [0.5, 0.6) is 11.5 Å². The Labute approximate surface area is 189 Å². The second kappa shape index (κ2) is 9.54. The van der Waals surface area contributed by atoms with Crippen LogP contribution in [0.3, 0.4) is 0 Å². The number of aliphatic hydroxyl groups is 2. The average molecular weight is 462 g/mol. The molecule has 0 saturated carbocycles. The van der Waals surface area contributed by atoms with Crippen LogP contribution in [0.1, 0.15) is 24.8 Å². The van der Waals surface area contributed by atoms with Crippen molar-refractivity contribution in [3.05, 3.63) is 66.4 Å². The number of rotatable bonds is 7. The van der Waals surface area contributed by atoms with Crippen molar-refractivity contribution in [2.45, 2.75) is 37.5 Å².